The van der Waals surface area contributed by atoms with Gasteiger partial charge in [-0.05, 0) is 24.3 Å². The second-order valence-corrected chi connectivity index (χ2v) is 5.91. The van der Waals surface area contributed by atoms with Gasteiger partial charge in [0.15, 0.2) is 0 Å². The maximum Gasteiger partial charge on any atom is 0.337 e. The molecule has 0 radical (unpaired) electrons. The first-order valence-electron chi connectivity index (χ1n) is 6.57. The van der Waals surface area contributed by atoms with Crippen LogP contribution in [-0.2, 0) is 0 Å². The zero-order chi connectivity index (χ0) is 14.9. The van der Waals surface area contributed by atoms with Crippen LogP contribution in [0, 0.1) is 15.5 Å². The van der Waals surface area contributed by atoms with E-state index in [0.29, 0.717) is 18.8 Å². The molecule has 0 spiro atoms. The van der Waals surface area contributed by atoms with Crippen molar-refractivity contribution in [2.45, 2.75) is 26.7 Å². The van der Waals surface area contributed by atoms with E-state index in [1.54, 1.807) is 0 Å². The van der Waals surface area contributed by atoms with E-state index in [9.17, 15) is 20.0 Å². The molecular weight excluding hydrogens is 260 g/mol. The molecule has 0 aliphatic carbocycles. The number of non-ortho nitro benzene ring substituents is 1. The normalized spacial score (nSPS) is 17.8. The number of aromatic carboxylic acids is 1. The SMILES string of the molecule is CC1(C)CCN(c2cc([N+](=O)[O-])ccc2C(=O)O)CC1. The van der Waals surface area contributed by atoms with E-state index < -0.39 is 10.9 Å². The van der Waals surface area contributed by atoms with Crippen molar-refractivity contribution in [3.8, 4) is 0 Å². The largest absolute Gasteiger partial charge is 0.478 e. The summed E-state index contributed by atoms with van der Waals surface area (Å²) in [6.45, 7) is 5.79. The highest BCUT2D eigenvalue weighted by Crippen LogP contribution is 2.34. The minimum absolute atomic E-state index is 0.0742. The number of carboxylic acids is 1. The Morgan fingerprint density at radius 2 is 1.95 bits per heavy atom. The number of nitrogens with zero attached hydrogens (tertiary/aromatic N) is 2. The summed E-state index contributed by atoms with van der Waals surface area (Å²) in [5, 5.41) is 20.1. The van der Waals surface area contributed by atoms with Crippen molar-refractivity contribution in [1.29, 1.82) is 0 Å². The van der Waals surface area contributed by atoms with Crippen molar-refractivity contribution >= 4 is 17.3 Å². The molecule has 6 nitrogen and oxygen atoms in total. The number of piperidine rings is 1. The lowest BCUT2D eigenvalue weighted by atomic mass is 9.82. The molecule has 2 rings (SSSR count). The van der Waals surface area contributed by atoms with Crippen LogP contribution in [0.3, 0.4) is 0 Å². The van der Waals surface area contributed by atoms with Crippen LogP contribution in [0.1, 0.15) is 37.0 Å². The highest BCUT2D eigenvalue weighted by molar-refractivity contribution is 5.95. The van der Waals surface area contributed by atoms with Gasteiger partial charge in [-0.1, -0.05) is 13.8 Å². The molecule has 1 aliphatic heterocycles. The molecule has 0 aromatic heterocycles. The lowest BCUT2D eigenvalue weighted by Crippen LogP contribution is -2.38. The van der Waals surface area contributed by atoms with Gasteiger partial charge in [0.2, 0.25) is 0 Å². The topological polar surface area (TPSA) is 83.7 Å². The second-order valence-electron chi connectivity index (χ2n) is 5.91. The number of hydrogen-bond acceptors (Lipinski definition) is 4. The molecule has 108 valence electrons. The average molecular weight is 278 g/mol. The van der Waals surface area contributed by atoms with Crippen molar-refractivity contribution in [2.24, 2.45) is 5.41 Å². The molecule has 0 bridgehead atoms. The molecule has 20 heavy (non-hydrogen) atoms. The molecule has 1 fully saturated rings. The van der Waals surface area contributed by atoms with Crippen molar-refractivity contribution in [1.82, 2.24) is 0 Å². The summed E-state index contributed by atoms with van der Waals surface area (Å²) in [7, 11) is 0. The van der Waals surface area contributed by atoms with Gasteiger partial charge >= 0.3 is 5.97 Å². The van der Waals surface area contributed by atoms with Crippen molar-refractivity contribution < 1.29 is 14.8 Å². The Bertz CT molecular complexity index is 544. The average Bonchev–Trinajstić information content (AvgIpc) is 2.37. The second kappa shape index (κ2) is 5.11. The van der Waals surface area contributed by atoms with Crippen molar-refractivity contribution in [3.05, 3.63) is 33.9 Å². The quantitative estimate of drug-likeness (QED) is 0.678. The van der Waals surface area contributed by atoms with E-state index in [1.807, 2.05) is 4.90 Å². The van der Waals surface area contributed by atoms with Crippen LogP contribution in [0.2, 0.25) is 0 Å². The first-order chi connectivity index (χ1) is 9.30. The molecule has 1 N–H and O–H groups in total. The number of nitro groups is 1. The molecular formula is C14H18N2O4. The zero-order valence-corrected chi connectivity index (χ0v) is 11.6. The van der Waals surface area contributed by atoms with Crippen molar-refractivity contribution in [3.63, 3.8) is 0 Å². The molecule has 0 saturated carbocycles. The van der Waals surface area contributed by atoms with Crippen LogP contribution in [0.4, 0.5) is 11.4 Å². The standard InChI is InChI=1S/C14H18N2O4/c1-14(2)5-7-15(8-6-14)12-9-10(16(19)20)3-4-11(12)13(17)18/h3-4,9H,5-8H2,1-2H3,(H,17,18). The van der Waals surface area contributed by atoms with Crippen LogP contribution in [-0.4, -0.2) is 29.1 Å². The Morgan fingerprint density at radius 1 is 1.35 bits per heavy atom. The molecule has 1 aromatic carbocycles. The predicted molar refractivity (Wildman–Crippen MR) is 75.3 cm³/mol. The molecule has 6 heteroatoms. The Hall–Kier alpha value is -2.11. The number of carboxylic acid groups (broad SMARTS) is 1. The Kier molecular flexibility index (Phi) is 3.65. The maximum absolute atomic E-state index is 11.3. The lowest BCUT2D eigenvalue weighted by Gasteiger charge is -2.38. The third-order valence-electron chi connectivity index (χ3n) is 3.88. The summed E-state index contributed by atoms with van der Waals surface area (Å²) in [6, 6.07) is 3.91. The minimum Gasteiger partial charge on any atom is -0.478 e. The highest BCUT2D eigenvalue weighted by atomic mass is 16.6. The van der Waals surface area contributed by atoms with Crippen molar-refractivity contribution in [2.75, 3.05) is 18.0 Å². The fourth-order valence-electron chi connectivity index (χ4n) is 2.43. The third kappa shape index (κ3) is 2.89. The van der Waals surface area contributed by atoms with E-state index in [1.165, 1.54) is 18.2 Å². The monoisotopic (exact) mass is 278 g/mol. The highest BCUT2D eigenvalue weighted by Gasteiger charge is 2.28. The van der Waals surface area contributed by atoms with Crippen LogP contribution in [0.5, 0.6) is 0 Å². The van der Waals surface area contributed by atoms with Crippen LogP contribution >= 0.6 is 0 Å². The first kappa shape index (κ1) is 14.3. The number of rotatable bonds is 3. The summed E-state index contributed by atoms with van der Waals surface area (Å²) < 4.78 is 0. The predicted octanol–water partition coefficient (Wildman–Crippen LogP) is 2.92. The minimum atomic E-state index is -1.06. The van der Waals surface area contributed by atoms with Gasteiger partial charge in [-0.2, -0.15) is 0 Å². The fourth-order valence-corrected chi connectivity index (χ4v) is 2.43. The molecule has 0 amide bonds. The maximum atomic E-state index is 11.3. The summed E-state index contributed by atoms with van der Waals surface area (Å²) in [5.74, 6) is -1.06. The van der Waals surface area contributed by atoms with E-state index in [2.05, 4.69) is 13.8 Å². The molecule has 0 atom stereocenters. The van der Waals surface area contributed by atoms with Crippen LogP contribution in [0.15, 0.2) is 18.2 Å². The Balaban J connectivity index is 2.36. The summed E-state index contributed by atoms with van der Waals surface area (Å²) in [6.07, 6.45) is 1.88. The molecule has 1 aromatic rings. The first-order valence-corrected chi connectivity index (χ1v) is 6.57. The van der Waals surface area contributed by atoms with E-state index in [4.69, 9.17) is 0 Å². The number of benzene rings is 1. The van der Waals surface area contributed by atoms with Crippen LogP contribution < -0.4 is 4.90 Å². The van der Waals surface area contributed by atoms with Crippen LogP contribution in [0.25, 0.3) is 0 Å². The fraction of sp³-hybridized carbons (Fsp3) is 0.500. The van der Waals surface area contributed by atoms with Gasteiger partial charge in [0.1, 0.15) is 0 Å². The summed E-state index contributed by atoms with van der Waals surface area (Å²) >= 11 is 0. The molecule has 1 saturated heterocycles. The van der Waals surface area contributed by atoms with Gasteiger partial charge in [0, 0.05) is 25.2 Å². The van der Waals surface area contributed by atoms with Gasteiger partial charge in [-0.3, -0.25) is 10.1 Å². The summed E-state index contributed by atoms with van der Waals surface area (Å²) in [4.78, 5) is 23.6. The van der Waals surface area contributed by atoms with Gasteiger partial charge in [0.05, 0.1) is 16.2 Å². The smallest absolute Gasteiger partial charge is 0.337 e. The molecule has 0 unspecified atom stereocenters. The lowest BCUT2D eigenvalue weighted by molar-refractivity contribution is -0.384. The van der Waals surface area contributed by atoms with Gasteiger partial charge in [-0.15, -0.1) is 0 Å². The summed E-state index contributed by atoms with van der Waals surface area (Å²) in [5.41, 5.74) is 0.730. The molecule has 1 heterocycles. The third-order valence-corrected chi connectivity index (χ3v) is 3.88. The van der Waals surface area contributed by atoms with E-state index in [-0.39, 0.29) is 16.7 Å². The van der Waals surface area contributed by atoms with Gasteiger partial charge in [0.25, 0.3) is 5.69 Å². The number of nitro benzene ring substituents is 1. The number of carbonyl (C=O) groups is 1. The zero-order valence-electron chi connectivity index (χ0n) is 11.6. The van der Waals surface area contributed by atoms with Gasteiger partial charge < -0.3 is 10.0 Å². The molecule has 1 aliphatic rings. The number of anilines is 1. The number of hydrogen-bond donors (Lipinski definition) is 1. The van der Waals surface area contributed by atoms with E-state index in [0.717, 1.165) is 12.8 Å². The van der Waals surface area contributed by atoms with Gasteiger partial charge in [-0.25, -0.2) is 4.79 Å². The Morgan fingerprint density at radius 3 is 2.45 bits per heavy atom. The van der Waals surface area contributed by atoms with E-state index >= 15 is 0 Å². The Labute approximate surface area is 117 Å².